The number of ether oxygens (including phenoxy) is 2. The fourth-order valence-corrected chi connectivity index (χ4v) is 3.17. The number of aromatic amines is 1. The lowest BCUT2D eigenvalue weighted by molar-refractivity contribution is 0.0946. The Kier molecular flexibility index (Phi) is 5.20. The Labute approximate surface area is 169 Å². The number of amides is 1. The highest BCUT2D eigenvalue weighted by Gasteiger charge is 2.10. The van der Waals surface area contributed by atoms with Crippen molar-refractivity contribution < 1.29 is 14.3 Å². The van der Waals surface area contributed by atoms with E-state index in [9.17, 15) is 4.79 Å². The number of nitrogens with one attached hydrogen (secondary N) is 2. The molecule has 146 valence electrons. The zero-order chi connectivity index (χ0) is 20.2. The van der Waals surface area contributed by atoms with Crippen LogP contribution in [0.5, 0.6) is 17.2 Å². The van der Waals surface area contributed by atoms with Crippen LogP contribution in [0.1, 0.15) is 21.6 Å². The Morgan fingerprint density at radius 2 is 1.72 bits per heavy atom. The minimum absolute atomic E-state index is 0.162. The first-order chi connectivity index (χ1) is 14.1. The molecule has 5 nitrogen and oxygen atoms in total. The third-order valence-electron chi connectivity index (χ3n) is 4.65. The molecule has 0 saturated carbocycles. The van der Waals surface area contributed by atoms with Crippen LogP contribution in [0.4, 0.5) is 0 Å². The molecule has 0 aliphatic carbocycles. The molecule has 1 aromatic heterocycles. The van der Waals surface area contributed by atoms with Crippen LogP contribution in [0.15, 0.2) is 72.8 Å². The summed E-state index contributed by atoms with van der Waals surface area (Å²) in [4.78, 5) is 15.7. The second-order valence-electron chi connectivity index (χ2n) is 6.88. The van der Waals surface area contributed by atoms with E-state index in [0.29, 0.717) is 12.2 Å². The molecule has 1 amide bonds. The standard InChI is InChI=1S/C24H22N2O3/c1-16-5-3-8-20(11-16)29-21-9-10-22-18(13-21)14-23(26-22)24(27)25-15-17-6-4-7-19(12-17)28-2/h3-14,26H,15H2,1-2H3,(H,25,27). The summed E-state index contributed by atoms with van der Waals surface area (Å²) >= 11 is 0. The summed E-state index contributed by atoms with van der Waals surface area (Å²) in [5.74, 6) is 2.12. The molecule has 0 unspecified atom stereocenters. The summed E-state index contributed by atoms with van der Waals surface area (Å²) in [5.41, 5.74) is 3.51. The minimum atomic E-state index is -0.162. The van der Waals surface area contributed by atoms with Crippen LogP contribution >= 0.6 is 0 Å². The number of hydrogen-bond acceptors (Lipinski definition) is 3. The summed E-state index contributed by atoms with van der Waals surface area (Å²) in [6.07, 6.45) is 0. The molecule has 5 heteroatoms. The van der Waals surface area contributed by atoms with Gasteiger partial charge in [-0.25, -0.2) is 0 Å². The molecule has 0 fully saturated rings. The second-order valence-corrected chi connectivity index (χ2v) is 6.88. The first-order valence-electron chi connectivity index (χ1n) is 9.39. The van der Waals surface area contributed by atoms with E-state index < -0.39 is 0 Å². The van der Waals surface area contributed by atoms with Crippen LogP contribution in [-0.2, 0) is 6.54 Å². The van der Waals surface area contributed by atoms with E-state index in [2.05, 4.69) is 10.3 Å². The smallest absolute Gasteiger partial charge is 0.267 e. The molecule has 0 atom stereocenters. The first-order valence-corrected chi connectivity index (χ1v) is 9.39. The Hall–Kier alpha value is -3.73. The Morgan fingerprint density at radius 3 is 2.55 bits per heavy atom. The maximum Gasteiger partial charge on any atom is 0.267 e. The van der Waals surface area contributed by atoms with Crippen molar-refractivity contribution in [1.82, 2.24) is 10.3 Å². The van der Waals surface area contributed by atoms with Gasteiger partial charge in [0.05, 0.1) is 7.11 Å². The monoisotopic (exact) mass is 386 g/mol. The van der Waals surface area contributed by atoms with Crippen molar-refractivity contribution >= 4 is 16.8 Å². The third kappa shape index (κ3) is 4.41. The number of benzene rings is 3. The van der Waals surface area contributed by atoms with Gasteiger partial charge in [0.25, 0.3) is 5.91 Å². The number of fused-ring (bicyclic) bond motifs is 1. The van der Waals surface area contributed by atoms with Gasteiger partial charge in [-0.3, -0.25) is 4.79 Å². The van der Waals surface area contributed by atoms with E-state index in [1.54, 1.807) is 7.11 Å². The predicted molar refractivity (Wildman–Crippen MR) is 114 cm³/mol. The normalized spacial score (nSPS) is 10.7. The van der Waals surface area contributed by atoms with Crippen molar-refractivity contribution in [1.29, 1.82) is 0 Å². The van der Waals surface area contributed by atoms with Crippen molar-refractivity contribution in [2.24, 2.45) is 0 Å². The summed E-state index contributed by atoms with van der Waals surface area (Å²) in [6.45, 7) is 2.45. The van der Waals surface area contributed by atoms with Crippen LogP contribution < -0.4 is 14.8 Å². The Morgan fingerprint density at radius 1 is 0.931 bits per heavy atom. The molecule has 0 radical (unpaired) electrons. The quantitative estimate of drug-likeness (QED) is 0.478. The molecule has 0 aliphatic rings. The number of carbonyl (C=O) groups excluding carboxylic acids is 1. The number of aromatic nitrogens is 1. The lowest BCUT2D eigenvalue weighted by Gasteiger charge is -2.06. The molecule has 2 N–H and O–H groups in total. The molecule has 1 heterocycles. The Bertz CT molecular complexity index is 1160. The molecular formula is C24H22N2O3. The number of aryl methyl sites for hydroxylation is 1. The maximum atomic E-state index is 12.6. The van der Waals surface area contributed by atoms with Crippen LogP contribution in [-0.4, -0.2) is 18.0 Å². The molecule has 0 aliphatic heterocycles. The maximum absolute atomic E-state index is 12.6. The summed E-state index contributed by atoms with van der Waals surface area (Å²) in [7, 11) is 1.62. The van der Waals surface area contributed by atoms with E-state index in [4.69, 9.17) is 9.47 Å². The second kappa shape index (κ2) is 8.10. The van der Waals surface area contributed by atoms with Gasteiger partial charge in [0.2, 0.25) is 0 Å². The molecule has 4 aromatic rings. The third-order valence-corrected chi connectivity index (χ3v) is 4.65. The number of methoxy groups -OCH3 is 1. The topological polar surface area (TPSA) is 63.4 Å². The van der Waals surface area contributed by atoms with Crippen molar-refractivity contribution in [3.05, 3.63) is 89.6 Å². The van der Waals surface area contributed by atoms with E-state index in [-0.39, 0.29) is 5.91 Å². The van der Waals surface area contributed by atoms with Crippen LogP contribution in [0.3, 0.4) is 0 Å². The number of rotatable bonds is 6. The van der Waals surface area contributed by atoms with Gasteiger partial charge in [-0.15, -0.1) is 0 Å². The average molecular weight is 386 g/mol. The van der Waals surface area contributed by atoms with Gasteiger partial charge >= 0.3 is 0 Å². The summed E-state index contributed by atoms with van der Waals surface area (Å²) < 4.78 is 11.2. The molecular weight excluding hydrogens is 364 g/mol. The lowest BCUT2D eigenvalue weighted by Crippen LogP contribution is -2.23. The minimum Gasteiger partial charge on any atom is -0.497 e. The molecule has 3 aromatic carbocycles. The number of hydrogen-bond donors (Lipinski definition) is 2. The van der Waals surface area contributed by atoms with Crippen molar-refractivity contribution in [3.63, 3.8) is 0 Å². The highest BCUT2D eigenvalue weighted by molar-refractivity contribution is 5.98. The van der Waals surface area contributed by atoms with Gasteiger partial charge in [-0.2, -0.15) is 0 Å². The highest BCUT2D eigenvalue weighted by atomic mass is 16.5. The van der Waals surface area contributed by atoms with Gasteiger partial charge in [0, 0.05) is 17.4 Å². The van der Waals surface area contributed by atoms with Crippen LogP contribution in [0, 0.1) is 6.92 Å². The zero-order valence-corrected chi connectivity index (χ0v) is 16.4. The van der Waals surface area contributed by atoms with Crippen molar-refractivity contribution in [2.45, 2.75) is 13.5 Å². The fourth-order valence-electron chi connectivity index (χ4n) is 3.17. The zero-order valence-electron chi connectivity index (χ0n) is 16.4. The number of carbonyl (C=O) groups is 1. The molecule has 0 bridgehead atoms. The Balaban J connectivity index is 1.47. The van der Waals surface area contributed by atoms with Crippen molar-refractivity contribution in [2.75, 3.05) is 7.11 Å². The molecule has 0 spiro atoms. The van der Waals surface area contributed by atoms with E-state index in [0.717, 1.165) is 39.3 Å². The first kappa shape index (κ1) is 18.6. The fraction of sp³-hybridized carbons (Fsp3) is 0.125. The van der Waals surface area contributed by atoms with Gasteiger partial charge in [-0.1, -0.05) is 24.3 Å². The lowest BCUT2D eigenvalue weighted by atomic mass is 10.2. The predicted octanol–water partition coefficient (Wildman–Crippen LogP) is 5.21. The molecule has 0 saturated heterocycles. The molecule has 29 heavy (non-hydrogen) atoms. The van der Waals surface area contributed by atoms with Gasteiger partial charge in [0.15, 0.2) is 0 Å². The summed E-state index contributed by atoms with van der Waals surface area (Å²) in [6, 6.07) is 23.1. The van der Waals surface area contributed by atoms with Crippen molar-refractivity contribution in [3.8, 4) is 17.2 Å². The summed E-state index contributed by atoms with van der Waals surface area (Å²) in [5, 5.41) is 3.85. The van der Waals surface area contributed by atoms with Gasteiger partial charge in [0.1, 0.15) is 22.9 Å². The van der Waals surface area contributed by atoms with Gasteiger partial charge in [-0.05, 0) is 66.6 Å². The van der Waals surface area contributed by atoms with Crippen LogP contribution in [0.25, 0.3) is 10.9 Å². The van der Waals surface area contributed by atoms with E-state index >= 15 is 0 Å². The average Bonchev–Trinajstić information content (AvgIpc) is 3.16. The highest BCUT2D eigenvalue weighted by Crippen LogP contribution is 2.26. The number of H-pyrrole nitrogens is 1. The largest absolute Gasteiger partial charge is 0.497 e. The van der Waals surface area contributed by atoms with Crippen LogP contribution in [0.2, 0.25) is 0 Å². The molecule has 4 rings (SSSR count). The van der Waals surface area contributed by atoms with E-state index in [1.165, 1.54) is 0 Å². The SMILES string of the molecule is COc1cccc(CNC(=O)c2cc3cc(Oc4cccc(C)c4)ccc3[nH]2)c1. The van der Waals surface area contributed by atoms with E-state index in [1.807, 2.05) is 79.7 Å². The van der Waals surface area contributed by atoms with Gasteiger partial charge < -0.3 is 19.8 Å².